The van der Waals surface area contributed by atoms with Crippen LogP contribution in [-0.4, -0.2) is 15.0 Å². The van der Waals surface area contributed by atoms with E-state index in [9.17, 15) is 0 Å². The second-order valence-electron chi connectivity index (χ2n) is 5.97. The summed E-state index contributed by atoms with van der Waals surface area (Å²) in [5, 5.41) is 8.51. The Labute approximate surface area is 127 Å². The Bertz CT molecular complexity index is 555. The third kappa shape index (κ3) is 3.91. The second kappa shape index (κ2) is 7.36. The maximum atomic E-state index is 5.78. The first-order valence-corrected chi connectivity index (χ1v) is 7.88. The van der Waals surface area contributed by atoms with E-state index >= 15 is 0 Å². The molecular formula is C17H26N4. The van der Waals surface area contributed by atoms with Gasteiger partial charge in [-0.2, -0.15) is 0 Å². The van der Waals surface area contributed by atoms with Crippen molar-refractivity contribution in [3.05, 3.63) is 41.2 Å². The van der Waals surface area contributed by atoms with E-state index in [1.165, 1.54) is 18.4 Å². The molecule has 0 spiro atoms. The lowest BCUT2D eigenvalue weighted by molar-refractivity contribution is 0.611. The second-order valence-corrected chi connectivity index (χ2v) is 5.97. The van der Waals surface area contributed by atoms with Crippen molar-refractivity contribution in [3.63, 3.8) is 0 Å². The Morgan fingerprint density at radius 1 is 1.19 bits per heavy atom. The Morgan fingerprint density at radius 2 is 1.90 bits per heavy atom. The summed E-state index contributed by atoms with van der Waals surface area (Å²) >= 11 is 0. The average Bonchev–Trinajstić information content (AvgIpc) is 2.87. The van der Waals surface area contributed by atoms with E-state index in [2.05, 4.69) is 55.3 Å². The van der Waals surface area contributed by atoms with E-state index in [1.54, 1.807) is 0 Å². The summed E-state index contributed by atoms with van der Waals surface area (Å²) in [5.74, 6) is 0.552. The maximum Gasteiger partial charge on any atom is 0.0999 e. The fourth-order valence-corrected chi connectivity index (χ4v) is 2.47. The van der Waals surface area contributed by atoms with Crippen molar-refractivity contribution >= 4 is 0 Å². The van der Waals surface area contributed by atoms with E-state index < -0.39 is 0 Å². The molecule has 1 heterocycles. The number of unbranched alkanes of at least 4 members (excludes halogenated alkanes) is 1. The van der Waals surface area contributed by atoms with Crippen LogP contribution in [-0.2, 0) is 19.4 Å². The van der Waals surface area contributed by atoms with Gasteiger partial charge in [-0.1, -0.05) is 44.5 Å². The Kier molecular flexibility index (Phi) is 5.51. The molecule has 0 bridgehead atoms. The minimum Gasteiger partial charge on any atom is -0.325 e. The van der Waals surface area contributed by atoms with Crippen molar-refractivity contribution in [1.29, 1.82) is 0 Å². The lowest BCUT2D eigenvalue weighted by Crippen LogP contribution is -2.09. The van der Waals surface area contributed by atoms with Gasteiger partial charge in [-0.3, -0.25) is 0 Å². The van der Waals surface area contributed by atoms with Crippen molar-refractivity contribution < 1.29 is 0 Å². The number of nitrogens with zero attached hydrogens (tertiary/aromatic N) is 3. The van der Waals surface area contributed by atoms with Crippen molar-refractivity contribution in [2.75, 3.05) is 0 Å². The van der Waals surface area contributed by atoms with Crippen molar-refractivity contribution in [3.8, 4) is 5.69 Å². The molecule has 4 heteroatoms. The third-order valence-electron chi connectivity index (χ3n) is 3.64. The minimum atomic E-state index is 0.441. The Balaban J connectivity index is 2.26. The van der Waals surface area contributed by atoms with Gasteiger partial charge in [0, 0.05) is 6.54 Å². The lowest BCUT2D eigenvalue weighted by atomic mass is 10.1. The number of aryl methyl sites for hydroxylation is 1. The predicted molar refractivity (Wildman–Crippen MR) is 86.4 cm³/mol. The fourth-order valence-electron chi connectivity index (χ4n) is 2.47. The van der Waals surface area contributed by atoms with Crippen LogP contribution in [0.2, 0.25) is 0 Å². The molecule has 2 aromatic rings. The highest BCUT2D eigenvalue weighted by Crippen LogP contribution is 2.18. The molecule has 0 amide bonds. The van der Waals surface area contributed by atoms with Crippen molar-refractivity contribution in [2.45, 2.75) is 53.0 Å². The number of benzene rings is 1. The molecule has 2 N–H and O–H groups in total. The van der Waals surface area contributed by atoms with Crippen LogP contribution in [0.1, 0.15) is 50.6 Å². The number of rotatable bonds is 7. The summed E-state index contributed by atoms with van der Waals surface area (Å²) in [6.45, 7) is 7.06. The third-order valence-corrected chi connectivity index (χ3v) is 3.64. The number of aromatic nitrogens is 3. The van der Waals surface area contributed by atoms with Gasteiger partial charge in [-0.25, -0.2) is 4.68 Å². The van der Waals surface area contributed by atoms with Crippen molar-refractivity contribution in [2.24, 2.45) is 11.7 Å². The summed E-state index contributed by atoms with van der Waals surface area (Å²) in [6, 6.07) is 8.63. The summed E-state index contributed by atoms with van der Waals surface area (Å²) in [4.78, 5) is 0. The lowest BCUT2D eigenvalue weighted by Gasteiger charge is -2.10. The monoisotopic (exact) mass is 286 g/mol. The molecule has 0 aliphatic heterocycles. The normalized spacial score (nSPS) is 11.3. The molecule has 0 unspecified atom stereocenters. The smallest absolute Gasteiger partial charge is 0.0999 e. The first-order valence-electron chi connectivity index (χ1n) is 7.88. The molecule has 1 aromatic heterocycles. The molecule has 4 nitrogen and oxygen atoms in total. The minimum absolute atomic E-state index is 0.441. The predicted octanol–water partition coefficient (Wildman–Crippen LogP) is 3.27. The highest BCUT2D eigenvalue weighted by molar-refractivity contribution is 5.36. The first-order chi connectivity index (χ1) is 10.2. The van der Waals surface area contributed by atoms with Gasteiger partial charge in [-0.15, -0.1) is 5.10 Å². The molecule has 0 radical (unpaired) electrons. The molecule has 0 atom stereocenters. The zero-order valence-electron chi connectivity index (χ0n) is 13.3. The van der Waals surface area contributed by atoms with Gasteiger partial charge in [0.25, 0.3) is 0 Å². The quantitative estimate of drug-likeness (QED) is 0.850. The van der Waals surface area contributed by atoms with Gasteiger partial charge in [0.15, 0.2) is 0 Å². The Morgan fingerprint density at radius 3 is 2.48 bits per heavy atom. The zero-order valence-corrected chi connectivity index (χ0v) is 13.3. The van der Waals surface area contributed by atoms with Crippen LogP contribution >= 0.6 is 0 Å². The molecule has 0 fully saturated rings. The highest BCUT2D eigenvalue weighted by atomic mass is 15.4. The van der Waals surface area contributed by atoms with Gasteiger partial charge < -0.3 is 5.73 Å². The van der Waals surface area contributed by atoms with Crippen LogP contribution in [0.3, 0.4) is 0 Å². The molecule has 1 aromatic carbocycles. The van der Waals surface area contributed by atoms with Gasteiger partial charge in [0.05, 0.1) is 17.1 Å². The van der Waals surface area contributed by atoms with Crippen LogP contribution in [0.25, 0.3) is 5.69 Å². The van der Waals surface area contributed by atoms with Gasteiger partial charge in [0.1, 0.15) is 0 Å². The van der Waals surface area contributed by atoms with E-state index in [-0.39, 0.29) is 0 Å². The molecule has 0 saturated carbocycles. The van der Waals surface area contributed by atoms with E-state index in [0.717, 1.165) is 29.9 Å². The molecule has 0 aliphatic rings. The summed E-state index contributed by atoms with van der Waals surface area (Å²) in [7, 11) is 0. The van der Waals surface area contributed by atoms with Gasteiger partial charge in [-0.05, 0) is 42.9 Å². The molecule has 0 saturated heterocycles. The fraction of sp³-hybridized carbons (Fsp3) is 0.529. The number of nitrogens with two attached hydrogens (primary N) is 1. The van der Waals surface area contributed by atoms with Crippen LogP contribution < -0.4 is 5.73 Å². The van der Waals surface area contributed by atoms with Crippen LogP contribution in [0.5, 0.6) is 0 Å². The largest absolute Gasteiger partial charge is 0.325 e. The highest BCUT2D eigenvalue weighted by Gasteiger charge is 2.14. The standard InChI is InChI=1S/C17H26N4/c1-4-5-6-14-7-9-15(10-8-14)21-17(11-13(2)3)16(12-18)19-20-21/h7-10,13H,4-6,11-12,18H2,1-3H3. The van der Waals surface area contributed by atoms with E-state index in [4.69, 9.17) is 5.73 Å². The SMILES string of the molecule is CCCCc1ccc(-n2nnc(CN)c2CC(C)C)cc1. The first kappa shape index (κ1) is 15.7. The molecule has 0 aliphatic carbocycles. The van der Waals surface area contributed by atoms with Gasteiger partial charge >= 0.3 is 0 Å². The zero-order chi connectivity index (χ0) is 15.2. The van der Waals surface area contributed by atoms with Crippen LogP contribution in [0.15, 0.2) is 24.3 Å². The Hall–Kier alpha value is -1.68. The summed E-state index contributed by atoms with van der Waals surface area (Å²) in [6.07, 6.45) is 4.54. The van der Waals surface area contributed by atoms with Crippen molar-refractivity contribution in [1.82, 2.24) is 15.0 Å². The number of hydrogen-bond acceptors (Lipinski definition) is 3. The van der Waals surface area contributed by atoms with E-state index in [0.29, 0.717) is 12.5 Å². The summed E-state index contributed by atoms with van der Waals surface area (Å²) < 4.78 is 1.94. The van der Waals surface area contributed by atoms with E-state index in [1.807, 2.05) is 4.68 Å². The molecule has 21 heavy (non-hydrogen) atoms. The average molecular weight is 286 g/mol. The van der Waals surface area contributed by atoms with Crippen LogP contribution in [0, 0.1) is 5.92 Å². The molecule has 114 valence electrons. The van der Waals surface area contributed by atoms with Crippen LogP contribution in [0.4, 0.5) is 0 Å². The molecule has 2 rings (SSSR count). The topological polar surface area (TPSA) is 56.7 Å². The number of hydrogen-bond donors (Lipinski definition) is 1. The van der Waals surface area contributed by atoms with Gasteiger partial charge in [0.2, 0.25) is 0 Å². The summed E-state index contributed by atoms with van der Waals surface area (Å²) in [5.41, 5.74) is 10.3. The molecular weight excluding hydrogens is 260 g/mol. The maximum absolute atomic E-state index is 5.78.